The van der Waals surface area contributed by atoms with Gasteiger partial charge in [0, 0.05) is 11.1 Å². The largest absolute Gasteiger partial charge is 0.573 e. The van der Waals surface area contributed by atoms with Crippen LogP contribution < -0.4 is 4.74 Å². The van der Waals surface area contributed by atoms with Gasteiger partial charge in [-0.25, -0.2) is 14.5 Å². The highest BCUT2D eigenvalue weighted by atomic mass is 19.4. The molecule has 29 heavy (non-hydrogen) atoms. The standard InChI is InChI=1S/C20H16F3N3O3/c1-2-14(19(27)28)11-13-3-5-15(6-4-13)18-24-12-26(25-18)16-7-9-17(10-8-16)29-20(21,22)23/h3-12H,2H2,1H3,(H,27,28). The maximum atomic E-state index is 12.2. The van der Waals surface area contributed by atoms with Crippen molar-refractivity contribution in [3.05, 3.63) is 66.0 Å². The lowest BCUT2D eigenvalue weighted by Crippen LogP contribution is -2.17. The Morgan fingerprint density at radius 1 is 1.14 bits per heavy atom. The van der Waals surface area contributed by atoms with Gasteiger partial charge in [0.15, 0.2) is 5.82 Å². The summed E-state index contributed by atoms with van der Waals surface area (Å²) in [6.45, 7) is 1.77. The quantitative estimate of drug-likeness (QED) is 0.603. The number of aromatic nitrogens is 3. The summed E-state index contributed by atoms with van der Waals surface area (Å²) in [4.78, 5) is 15.3. The van der Waals surface area contributed by atoms with E-state index in [0.717, 1.165) is 5.56 Å². The number of benzene rings is 2. The van der Waals surface area contributed by atoms with Gasteiger partial charge in [0.2, 0.25) is 0 Å². The Morgan fingerprint density at radius 3 is 2.34 bits per heavy atom. The van der Waals surface area contributed by atoms with E-state index in [-0.39, 0.29) is 5.75 Å². The van der Waals surface area contributed by atoms with E-state index in [1.54, 1.807) is 37.3 Å². The van der Waals surface area contributed by atoms with Gasteiger partial charge in [0.1, 0.15) is 12.1 Å². The van der Waals surface area contributed by atoms with Crippen LogP contribution in [0.3, 0.4) is 0 Å². The van der Waals surface area contributed by atoms with Gasteiger partial charge in [0.05, 0.1) is 5.69 Å². The maximum Gasteiger partial charge on any atom is 0.573 e. The number of rotatable bonds is 6. The molecule has 0 saturated carbocycles. The van der Waals surface area contributed by atoms with Crippen LogP contribution in [0.4, 0.5) is 13.2 Å². The zero-order valence-corrected chi connectivity index (χ0v) is 15.2. The zero-order valence-electron chi connectivity index (χ0n) is 15.2. The number of halogens is 3. The molecule has 0 aliphatic carbocycles. The Kier molecular flexibility index (Phi) is 5.67. The van der Waals surface area contributed by atoms with Crippen molar-refractivity contribution in [2.24, 2.45) is 0 Å². The average Bonchev–Trinajstić information content (AvgIpc) is 3.16. The number of carbonyl (C=O) groups is 1. The van der Waals surface area contributed by atoms with Crippen LogP contribution in [0.5, 0.6) is 5.75 Å². The molecule has 0 aliphatic heterocycles. The number of aliphatic carboxylic acids is 1. The molecule has 0 atom stereocenters. The number of carboxylic acid groups (broad SMARTS) is 1. The molecule has 0 saturated heterocycles. The lowest BCUT2D eigenvalue weighted by molar-refractivity contribution is -0.274. The summed E-state index contributed by atoms with van der Waals surface area (Å²) in [5, 5.41) is 13.4. The first kappa shape index (κ1) is 20.1. The van der Waals surface area contributed by atoms with Crippen LogP contribution in [0.25, 0.3) is 23.2 Å². The number of alkyl halides is 3. The lowest BCUT2D eigenvalue weighted by Gasteiger charge is -2.09. The zero-order chi connectivity index (χ0) is 21.0. The molecule has 3 rings (SSSR count). The molecule has 0 spiro atoms. The van der Waals surface area contributed by atoms with E-state index in [9.17, 15) is 18.0 Å². The summed E-state index contributed by atoms with van der Waals surface area (Å²) in [5.74, 6) is -0.855. The van der Waals surface area contributed by atoms with Crippen molar-refractivity contribution in [2.45, 2.75) is 19.7 Å². The lowest BCUT2D eigenvalue weighted by atomic mass is 10.1. The summed E-state index contributed by atoms with van der Waals surface area (Å²) < 4.78 is 42.0. The van der Waals surface area contributed by atoms with Gasteiger partial charge in [0.25, 0.3) is 0 Å². The van der Waals surface area contributed by atoms with Crippen LogP contribution in [-0.4, -0.2) is 32.2 Å². The summed E-state index contributed by atoms with van der Waals surface area (Å²) >= 11 is 0. The molecule has 3 aromatic rings. The average molecular weight is 403 g/mol. The van der Waals surface area contributed by atoms with Gasteiger partial charge >= 0.3 is 12.3 Å². The fourth-order valence-corrected chi connectivity index (χ4v) is 2.56. The van der Waals surface area contributed by atoms with E-state index in [2.05, 4.69) is 14.8 Å². The number of hydrogen-bond donors (Lipinski definition) is 1. The van der Waals surface area contributed by atoms with Crippen molar-refractivity contribution < 1.29 is 27.8 Å². The van der Waals surface area contributed by atoms with E-state index in [1.165, 1.54) is 35.3 Å². The van der Waals surface area contributed by atoms with Crippen LogP contribution in [0.2, 0.25) is 0 Å². The number of carboxylic acids is 1. The van der Waals surface area contributed by atoms with Gasteiger partial charge < -0.3 is 9.84 Å². The van der Waals surface area contributed by atoms with Gasteiger partial charge in [-0.1, -0.05) is 31.2 Å². The summed E-state index contributed by atoms with van der Waals surface area (Å²) in [6.07, 6.45) is -1.29. The molecule has 9 heteroatoms. The second kappa shape index (κ2) is 8.17. The van der Waals surface area contributed by atoms with Crippen LogP contribution >= 0.6 is 0 Å². The highest BCUT2D eigenvalue weighted by molar-refractivity contribution is 5.92. The van der Waals surface area contributed by atoms with Crippen molar-refractivity contribution in [1.29, 1.82) is 0 Å². The third-order valence-corrected chi connectivity index (χ3v) is 3.99. The van der Waals surface area contributed by atoms with Crippen molar-refractivity contribution in [2.75, 3.05) is 0 Å². The van der Waals surface area contributed by atoms with E-state index in [0.29, 0.717) is 29.1 Å². The Hall–Kier alpha value is -3.62. The first-order chi connectivity index (χ1) is 13.7. The van der Waals surface area contributed by atoms with Crippen LogP contribution in [0.1, 0.15) is 18.9 Å². The first-order valence-electron chi connectivity index (χ1n) is 8.57. The number of ether oxygens (including phenoxy) is 1. The molecule has 0 fully saturated rings. The third kappa shape index (κ3) is 5.22. The molecule has 1 aromatic heterocycles. The summed E-state index contributed by atoms with van der Waals surface area (Å²) in [7, 11) is 0. The highest BCUT2D eigenvalue weighted by Gasteiger charge is 2.31. The molecule has 2 aromatic carbocycles. The predicted molar refractivity (Wildman–Crippen MR) is 99.4 cm³/mol. The molecular formula is C20H16F3N3O3. The molecular weight excluding hydrogens is 387 g/mol. The van der Waals surface area contributed by atoms with Crippen molar-refractivity contribution >= 4 is 12.0 Å². The van der Waals surface area contributed by atoms with E-state index < -0.39 is 12.3 Å². The molecule has 0 amide bonds. The molecule has 0 bridgehead atoms. The molecule has 0 radical (unpaired) electrons. The molecule has 0 unspecified atom stereocenters. The fraction of sp³-hybridized carbons (Fsp3) is 0.150. The van der Waals surface area contributed by atoms with Gasteiger partial charge in [-0.05, 0) is 42.3 Å². The Morgan fingerprint density at radius 2 is 1.79 bits per heavy atom. The van der Waals surface area contributed by atoms with E-state index in [4.69, 9.17) is 5.11 Å². The molecule has 1 N–H and O–H groups in total. The minimum Gasteiger partial charge on any atom is -0.478 e. The maximum absolute atomic E-state index is 12.2. The SMILES string of the molecule is CCC(=Cc1ccc(-c2ncn(-c3ccc(OC(F)(F)F)cc3)n2)cc1)C(=O)O. The van der Waals surface area contributed by atoms with Gasteiger partial charge in [-0.3, -0.25) is 0 Å². The van der Waals surface area contributed by atoms with Crippen molar-refractivity contribution in [3.63, 3.8) is 0 Å². The third-order valence-electron chi connectivity index (χ3n) is 3.99. The van der Waals surface area contributed by atoms with E-state index >= 15 is 0 Å². The molecule has 150 valence electrons. The topological polar surface area (TPSA) is 77.2 Å². The second-order valence-electron chi connectivity index (χ2n) is 6.00. The Bertz CT molecular complexity index is 1020. The van der Waals surface area contributed by atoms with Gasteiger partial charge in [-0.2, -0.15) is 0 Å². The van der Waals surface area contributed by atoms with Crippen molar-refractivity contribution in [3.8, 4) is 22.8 Å². The molecule has 0 aliphatic rings. The van der Waals surface area contributed by atoms with Crippen LogP contribution in [0, 0.1) is 0 Å². The first-order valence-corrected chi connectivity index (χ1v) is 8.57. The minimum absolute atomic E-state index is 0.304. The monoisotopic (exact) mass is 403 g/mol. The summed E-state index contributed by atoms with van der Waals surface area (Å²) in [5.41, 5.74) is 2.28. The smallest absolute Gasteiger partial charge is 0.478 e. The minimum atomic E-state index is -4.74. The molecule has 6 nitrogen and oxygen atoms in total. The molecule has 1 heterocycles. The highest BCUT2D eigenvalue weighted by Crippen LogP contribution is 2.24. The number of hydrogen-bond acceptors (Lipinski definition) is 4. The van der Waals surface area contributed by atoms with E-state index in [1.807, 2.05) is 0 Å². The second-order valence-corrected chi connectivity index (χ2v) is 6.00. The van der Waals surface area contributed by atoms with Crippen LogP contribution in [0.15, 0.2) is 60.4 Å². The predicted octanol–water partition coefficient (Wildman–Crippen LogP) is 4.71. The van der Waals surface area contributed by atoms with Gasteiger partial charge in [-0.15, -0.1) is 18.3 Å². The van der Waals surface area contributed by atoms with Crippen LogP contribution in [-0.2, 0) is 4.79 Å². The summed E-state index contributed by atoms with van der Waals surface area (Å²) in [6, 6.07) is 12.3. The Balaban J connectivity index is 1.77. The fourth-order valence-electron chi connectivity index (χ4n) is 2.56. The normalized spacial score (nSPS) is 12.1. The van der Waals surface area contributed by atoms with Crippen molar-refractivity contribution in [1.82, 2.24) is 14.8 Å². The Labute approximate surface area is 163 Å². The number of nitrogens with zero attached hydrogens (tertiary/aromatic N) is 3.